The standard InChI is InChI=1S/C26H36N6O5/c1-16(33)29-14-19-15-32(25(35)36-19)18-9-10-20-17(13-18)7-5-8-21-22(20)30-31-23(21)27-11-6-12-28-24(34)37-26(2,3)4/h9-10,13,19H,5-8,11-12,14-15H2,1-4H3,(H,28,34)(H,29,33)(H2,27,30,31)/t19-/m0/s1. The molecule has 2 aliphatic rings. The fourth-order valence-electron chi connectivity index (χ4n) is 4.53. The van der Waals surface area contributed by atoms with E-state index in [1.165, 1.54) is 6.92 Å². The van der Waals surface area contributed by atoms with Crippen LogP contribution in [0.1, 0.15) is 51.7 Å². The lowest BCUT2D eigenvalue weighted by molar-refractivity contribution is -0.119. The average Bonchev–Trinajstić information content (AvgIpc) is 3.33. The Balaban J connectivity index is 1.37. The van der Waals surface area contributed by atoms with Gasteiger partial charge in [-0.2, -0.15) is 5.10 Å². The zero-order valence-electron chi connectivity index (χ0n) is 21.9. The third kappa shape index (κ3) is 6.72. The van der Waals surface area contributed by atoms with Crippen LogP contribution in [0.5, 0.6) is 0 Å². The topological polar surface area (TPSA) is 138 Å². The van der Waals surface area contributed by atoms with E-state index in [9.17, 15) is 14.4 Å². The summed E-state index contributed by atoms with van der Waals surface area (Å²) in [6, 6.07) is 5.99. The molecule has 2 heterocycles. The van der Waals surface area contributed by atoms with Crippen LogP contribution in [-0.4, -0.2) is 66.2 Å². The molecule has 1 saturated heterocycles. The second-order valence-electron chi connectivity index (χ2n) is 10.4. The Labute approximate surface area is 216 Å². The number of H-pyrrole nitrogens is 1. The molecule has 1 aromatic carbocycles. The zero-order valence-corrected chi connectivity index (χ0v) is 21.9. The number of fused-ring (bicyclic) bond motifs is 3. The smallest absolute Gasteiger partial charge is 0.414 e. The number of aromatic nitrogens is 2. The minimum absolute atomic E-state index is 0.152. The Hall–Kier alpha value is -3.76. The number of nitrogens with zero attached hydrogens (tertiary/aromatic N) is 2. The van der Waals surface area contributed by atoms with Crippen molar-refractivity contribution in [1.29, 1.82) is 0 Å². The number of hydrogen-bond donors (Lipinski definition) is 4. The van der Waals surface area contributed by atoms with Crippen LogP contribution in [0, 0.1) is 0 Å². The number of amides is 3. The predicted molar refractivity (Wildman–Crippen MR) is 140 cm³/mol. The van der Waals surface area contributed by atoms with Gasteiger partial charge in [0.2, 0.25) is 5.91 Å². The van der Waals surface area contributed by atoms with E-state index in [4.69, 9.17) is 9.47 Å². The molecule has 4 N–H and O–H groups in total. The summed E-state index contributed by atoms with van der Waals surface area (Å²) >= 11 is 0. The maximum Gasteiger partial charge on any atom is 0.414 e. The Morgan fingerprint density at radius 2 is 2.03 bits per heavy atom. The Morgan fingerprint density at radius 1 is 1.22 bits per heavy atom. The molecule has 11 heteroatoms. The van der Waals surface area contributed by atoms with Gasteiger partial charge in [0.05, 0.1) is 18.8 Å². The van der Waals surface area contributed by atoms with E-state index < -0.39 is 17.8 Å². The molecule has 1 atom stereocenters. The quantitative estimate of drug-likeness (QED) is 0.398. The summed E-state index contributed by atoms with van der Waals surface area (Å²) < 4.78 is 10.7. The number of rotatable bonds is 8. The van der Waals surface area contributed by atoms with Crippen molar-refractivity contribution in [3.8, 4) is 11.3 Å². The minimum Gasteiger partial charge on any atom is -0.444 e. The predicted octanol–water partition coefficient (Wildman–Crippen LogP) is 3.35. The second kappa shape index (κ2) is 11.1. The highest BCUT2D eigenvalue weighted by atomic mass is 16.6. The Morgan fingerprint density at radius 3 is 2.78 bits per heavy atom. The highest BCUT2D eigenvalue weighted by molar-refractivity contribution is 5.90. The molecular weight excluding hydrogens is 476 g/mol. The molecule has 0 bridgehead atoms. The van der Waals surface area contributed by atoms with E-state index in [0.29, 0.717) is 26.2 Å². The van der Waals surface area contributed by atoms with Crippen molar-refractivity contribution in [2.75, 3.05) is 36.4 Å². The third-order valence-corrected chi connectivity index (χ3v) is 6.18. The molecule has 37 heavy (non-hydrogen) atoms. The summed E-state index contributed by atoms with van der Waals surface area (Å²) in [5.74, 6) is 0.675. The molecule has 1 aliphatic carbocycles. The van der Waals surface area contributed by atoms with Gasteiger partial charge in [-0.1, -0.05) is 6.07 Å². The summed E-state index contributed by atoms with van der Waals surface area (Å²) in [6.07, 6.45) is 2.24. The molecule has 1 aliphatic heterocycles. The lowest BCUT2D eigenvalue weighted by Crippen LogP contribution is -2.33. The van der Waals surface area contributed by atoms with Crippen LogP contribution < -0.4 is 20.9 Å². The number of benzene rings is 1. The molecule has 3 amide bonds. The number of anilines is 2. The van der Waals surface area contributed by atoms with Crippen molar-refractivity contribution < 1.29 is 23.9 Å². The SMILES string of the molecule is CC(=O)NC[C@H]1CN(c2ccc3c(c2)CCCc2c(NCCCNC(=O)OC(C)(C)C)n[nH]c2-3)C(=O)O1. The molecule has 4 rings (SSSR count). The van der Waals surface area contributed by atoms with Gasteiger partial charge in [0.1, 0.15) is 11.7 Å². The molecule has 1 aromatic heterocycles. The van der Waals surface area contributed by atoms with Gasteiger partial charge in [-0.25, -0.2) is 9.59 Å². The summed E-state index contributed by atoms with van der Waals surface area (Å²) in [6.45, 7) is 8.81. The van der Waals surface area contributed by atoms with Crippen LogP contribution in [0.2, 0.25) is 0 Å². The Kier molecular flexibility index (Phi) is 7.89. The number of nitrogens with one attached hydrogen (secondary N) is 4. The third-order valence-electron chi connectivity index (χ3n) is 6.18. The van der Waals surface area contributed by atoms with Crippen molar-refractivity contribution in [3.05, 3.63) is 29.3 Å². The summed E-state index contributed by atoms with van der Waals surface area (Å²) in [4.78, 5) is 37.0. The lowest BCUT2D eigenvalue weighted by atomic mass is 10.0. The van der Waals surface area contributed by atoms with Gasteiger partial charge in [-0.15, -0.1) is 0 Å². The van der Waals surface area contributed by atoms with Gasteiger partial charge in [-0.3, -0.25) is 14.8 Å². The molecule has 0 unspecified atom stereocenters. The van der Waals surface area contributed by atoms with Gasteiger partial charge < -0.3 is 25.4 Å². The van der Waals surface area contributed by atoms with E-state index >= 15 is 0 Å². The van der Waals surface area contributed by atoms with Gasteiger partial charge in [-0.05, 0) is 64.2 Å². The first kappa shape index (κ1) is 26.3. The van der Waals surface area contributed by atoms with Crippen molar-refractivity contribution in [1.82, 2.24) is 20.8 Å². The van der Waals surface area contributed by atoms with Gasteiger partial charge in [0, 0.05) is 36.8 Å². The molecule has 200 valence electrons. The number of hydrogen-bond acceptors (Lipinski definition) is 7. The van der Waals surface area contributed by atoms with Crippen LogP contribution in [0.4, 0.5) is 21.1 Å². The van der Waals surface area contributed by atoms with Crippen LogP contribution in [0.25, 0.3) is 11.3 Å². The van der Waals surface area contributed by atoms with E-state index in [1.54, 1.807) is 4.90 Å². The second-order valence-corrected chi connectivity index (χ2v) is 10.4. The fraction of sp³-hybridized carbons (Fsp3) is 0.538. The number of ether oxygens (including phenoxy) is 2. The van der Waals surface area contributed by atoms with Gasteiger partial charge in [0.15, 0.2) is 5.82 Å². The number of aromatic amines is 1. The first-order valence-electron chi connectivity index (χ1n) is 12.7. The highest BCUT2D eigenvalue weighted by Crippen LogP contribution is 2.37. The van der Waals surface area contributed by atoms with E-state index in [1.807, 2.05) is 39.0 Å². The number of alkyl carbamates (subject to hydrolysis) is 1. The normalized spacial score (nSPS) is 16.8. The van der Waals surface area contributed by atoms with Crippen molar-refractivity contribution in [2.24, 2.45) is 0 Å². The zero-order chi connectivity index (χ0) is 26.6. The highest BCUT2D eigenvalue weighted by Gasteiger charge is 2.33. The van der Waals surface area contributed by atoms with Crippen LogP contribution in [-0.2, 0) is 27.1 Å². The summed E-state index contributed by atoms with van der Waals surface area (Å²) in [7, 11) is 0. The van der Waals surface area contributed by atoms with Gasteiger partial charge in [0.25, 0.3) is 0 Å². The number of cyclic esters (lactones) is 1. The molecule has 0 spiro atoms. The van der Waals surface area contributed by atoms with Crippen molar-refractivity contribution >= 4 is 29.6 Å². The van der Waals surface area contributed by atoms with E-state index in [-0.39, 0.29) is 12.0 Å². The fourth-order valence-corrected chi connectivity index (χ4v) is 4.53. The molecule has 1 fully saturated rings. The lowest BCUT2D eigenvalue weighted by Gasteiger charge is -2.19. The van der Waals surface area contributed by atoms with Crippen molar-refractivity contribution in [3.63, 3.8) is 0 Å². The summed E-state index contributed by atoms with van der Waals surface area (Å²) in [5, 5.41) is 16.6. The Bertz CT molecular complexity index is 1150. The monoisotopic (exact) mass is 512 g/mol. The van der Waals surface area contributed by atoms with Crippen LogP contribution >= 0.6 is 0 Å². The number of aryl methyl sites for hydroxylation is 1. The van der Waals surface area contributed by atoms with Gasteiger partial charge >= 0.3 is 12.2 Å². The first-order chi connectivity index (χ1) is 17.6. The minimum atomic E-state index is -0.514. The first-order valence-corrected chi connectivity index (χ1v) is 12.7. The molecule has 0 saturated carbocycles. The maximum absolute atomic E-state index is 12.4. The average molecular weight is 513 g/mol. The molecule has 0 radical (unpaired) electrons. The number of carbonyl (C=O) groups excluding carboxylic acids is 3. The largest absolute Gasteiger partial charge is 0.444 e. The van der Waals surface area contributed by atoms with E-state index in [0.717, 1.165) is 59.6 Å². The van der Waals surface area contributed by atoms with Crippen LogP contribution in [0.15, 0.2) is 18.2 Å². The molecule has 2 aromatic rings. The summed E-state index contributed by atoms with van der Waals surface area (Å²) in [5.41, 5.74) is 4.62. The van der Waals surface area contributed by atoms with E-state index in [2.05, 4.69) is 26.1 Å². The van der Waals surface area contributed by atoms with Crippen LogP contribution in [0.3, 0.4) is 0 Å². The molecule has 11 nitrogen and oxygen atoms in total. The maximum atomic E-state index is 12.4. The molecular formula is C26H36N6O5. The number of carbonyl (C=O) groups is 3. The van der Waals surface area contributed by atoms with Crippen molar-refractivity contribution in [2.45, 2.75) is 65.1 Å².